The number of nitrogens with one attached hydrogen (secondary N) is 2. The van der Waals surface area contributed by atoms with Crippen LogP contribution in [0.3, 0.4) is 0 Å². The van der Waals surface area contributed by atoms with E-state index < -0.39 is 10.0 Å². The number of sulfonamides is 1. The van der Waals surface area contributed by atoms with E-state index in [0.717, 1.165) is 22.5 Å². The van der Waals surface area contributed by atoms with E-state index in [4.69, 9.17) is 0 Å². The average Bonchev–Trinajstić information content (AvgIpc) is 3.15. The van der Waals surface area contributed by atoms with E-state index in [2.05, 4.69) is 25.1 Å². The molecule has 0 aliphatic rings. The monoisotopic (exact) mass is 462 g/mol. The Kier molecular flexibility index (Phi) is 6.52. The number of hydrogen-bond donors (Lipinski definition) is 2. The third kappa shape index (κ3) is 5.44. The van der Waals surface area contributed by atoms with Crippen LogP contribution >= 0.6 is 0 Å². The highest BCUT2D eigenvalue weighted by atomic mass is 32.2. The molecule has 0 amide bonds. The van der Waals surface area contributed by atoms with Gasteiger partial charge >= 0.3 is 0 Å². The maximum absolute atomic E-state index is 12.6. The van der Waals surface area contributed by atoms with Crippen LogP contribution in [0.4, 0.5) is 5.82 Å². The molecule has 2 heterocycles. The van der Waals surface area contributed by atoms with Crippen LogP contribution in [0.2, 0.25) is 0 Å². The van der Waals surface area contributed by atoms with E-state index in [1.54, 1.807) is 22.9 Å². The van der Waals surface area contributed by atoms with Crippen molar-refractivity contribution in [2.75, 3.05) is 18.4 Å². The van der Waals surface area contributed by atoms with Crippen molar-refractivity contribution < 1.29 is 8.42 Å². The lowest BCUT2D eigenvalue weighted by Crippen LogP contribution is -2.29. The molecule has 0 unspecified atom stereocenters. The molecule has 2 aromatic carbocycles. The number of aryl methyl sites for hydroxylation is 3. The molecule has 0 saturated carbocycles. The molecule has 0 aliphatic heterocycles. The molecule has 2 N–H and O–H groups in total. The largest absolute Gasteiger partial charge is 0.369 e. The fraction of sp³-hybridized carbons (Fsp3) is 0.208. The van der Waals surface area contributed by atoms with Gasteiger partial charge in [-0.3, -0.25) is 0 Å². The Bertz CT molecular complexity index is 1350. The molecule has 2 aromatic heterocycles. The van der Waals surface area contributed by atoms with Crippen LogP contribution < -0.4 is 10.0 Å². The minimum absolute atomic E-state index is 0.209. The molecule has 4 rings (SSSR count). The van der Waals surface area contributed by atoms with Crippen LogP contribution in [-0.2, 0) is 10.0 Å². The molecule has 33 heavy (non-hydrogen) atoms. The van der Waals surface area contributed by atoms with Gasteiger partial charge in [0.2, 0.25) is 10.0 Å². The van der Waals surface area contributed by atoms with Crippen molar-refractivity contribution in [3.63, 3.8) is 0 Å². The van der Waals surface area contributed by atoms with Gasteiger partial charge in [0, 0.05) is 24.8 Å². The molecular formula is C24H26N6O2S. The van der Waals surface area contributed by atoms with Gasteiger partial charge < -0.3 is 5.32 Å². The minimum atomic E-state index is -3.61. The van der Waals surface area contributed by atoms with E-state index in [9.17, 15) is 8.42 Å². The van der Waals surface area contributed by atoms with Crippen LogP contribution in [0.15, 0.2) is 71.6 Å². The highest BCUT2D eigenvalue weighted by Gasteiger charge is 2.14. The van der Waals surface area contributed by atoms with Crippen molar-refractivity contribution in [1.29, 1.82) is 0 Å². The second-order valence-corrected chi connectivity index (χ2v) is 9.48. The Morgan fingerprint density at radius 1 is 0.848 bits per heavy atom. The second kappa shape index (κ2) is 9.51. The Morgan fingerprint density at radius 2 is 1.55 bits per heavy atom. The summed E-state index contributed by atoms with van der Waals surface area (Å²) in [7, 11) is -3.61. The average molecular weight is 463 g/mol. The number of aromatic nitrogens is 4. The zero-order chi connectivity index (χ0) is 23.4. The first-order valence-corrected chi connectivity index (χ1v) is 12.1. The first-order valence-electron chi connectivity index (χ1n) is 10.6. The van der Waals surface area contributed by atoms with Crippen molar-refractivity contribution in [2.24, 2.45) is 0 Å². The van der Waals surface area contributed by atoms with Gasteiger partial charge in [-0.05, 0) is 50.1 Å². The molecule has 170 valence electrons. The van der Waals surface area contributed by atoms with Crippen molar-refractivity contribution in [3.8, 4) is 16.9 Å². The number of rotatable bonds is 8. The quantitative estimate of drug-likeness (QED) is 0.388. The normalized spacial score (nSPS) is 11.5. The summed E-state index contributed by atoms with van der Waals surface area (Å²) in [4.78, 5) is 9.07. The summed E-state index contributed by atoms with van der Waals surface area (Å²) in [6.07, 6.45) is 0. The van der Waals surface area contributed by atoms with E-state index in [1.807, 2.05) is 69.3 Å². The first-order chi connectivity index (χ1) is 15.8. The predicted octanol–water partition coefficient (Wildman–Crippen LogP) is 3.64. The van der Waals surface area contributed by atoms with E-state index >= 15 is 0 Å². The summed E-state index contributed by atoms with van der Waals surface area (Å²) in [5, 5.41) is 7.61. The molecule has 4 aromatic rings. The Hall–Kier alpha value is -3.56. The Labute approximate surface area is 193 Å². The number of benzene rings is 2. The lowest BCUT2D eigenvalue weighted by molar-refractivity contribution is 0.583. The van der Waals surface area contributed by atoms with Crippen LogP contribution in [-0.4, -0.2) is 41.3 Å². The summed E-state index contributed by atoms with van der Waals surface area (Å²) >= 11 is 0. The predicted molar refractivity (Wildman–Crippen MR) is 129 cm³/mol. The van der Waals surface area contributed by atoms with Gasteiger partial charge in [-0.25, -0.2) is 27.8 Å². The molecule has 0 spiro atoms. The fourth-order valence-corrected chi connectivity index (χ4v) is 4.56. The Morgan fingerprint density at radius 3 is 2.21 bits per heavy atom. The SMILES string of the molecule is Cc1cc(C)n(-c2cc(NCCNS(=O)(=O)c3ccc(-c4ccccc4)cc3)nc(C)n2)n1. The van der Waals surface area contributed by atoms with Gasteiger partial charge in [-0.2, -0.15) is 5.10 Å². The summed E-state index contributed by atoms with van der Waals surface area (Å²) < 4.78 is 29.7. The maximum atomic E-state index is 12.6. The Balaban J connectivity index is 1.37. The van der Waals surface area contributed by atoms with Crippen LogP contribution in [0.25, 0.3) is 16.9 Å². The zero-order valence-electron chi connectivity index (χ0n) is 18.8. The molecule has 0 saturated heterocycles. The van der Waals surface area contributed by atoms with E-state index in [1.165, 1.54) is 0 Å². The van der Waals surface area contributed by atoms with Crippen molar-refractivity contribution >= 4 is 15.8 Å². The summed E-state index contributed by atoms with van der Waals surface area (Å²) in [5.41, 5.74) is 3.89. The van der Waals surface area contributed by atoms with E-state index in [0.29, 0.717) is 24.0 Å². The molecule has 0 atom stereocenters. The van der Waals surface area contributed by atoms with Gasteiger partial charge in [0.1, 0.15) is 11.6 Å². The topological polar surface area (TPSA) is 102 Å². The highest BCUT2D eigenvalue weighted by Crippen LogP contribution is 2.21. The molecule has 0 radical (unpaired) electrons. The van der Waals surface area contributed by atoms with Crippen LogP contribution in [0.5, 0.6) is 0 Å². The molecular weight excluding hydrogens is 436 g/mol. The maximum Gasteiger partial charge on any atom is 0.240 e. The first kappa shape index (κ1) is 22.6. The lowest BCUT2D eigenvalue weighted by atomic mass is 10.1. The second-order valence-electron chi connectivity index (χ2n) is 7.71. The standard InChI is InChI=1S/C24H26N6O2S/c1-17-15-18(2)30(29-17)24-16-23(27-19(3)28-24)25-13-14-26-33(31,32)22-11-9-21(10-12-22)20-7-5-4-6-8-20/h4-12,15-16,26H,13-14H2,1-3H3,(H,25,27,28). The zero-order valence-corrected chi connectivity index (χ0v) is 19.6. The summed E-state index contributed by atoms with van der Waals surface area (Å²) in [6.45, 7) is 6.28. The van der Waals surface area contributed by atoms with Crippen LogP contribution in [0.1, 0.15) is 17.2 Å². The third-order valence-corrected chi connectivity index (χ3v) is 6.52. The number of hydrogen-bond acceptors (Lipinski definition) is 6. The lowest BCUT2D eigenvalue weighted by Gasteiger charge is -2.11. The number of anilines is 1. The van der Waals surface area contributed by atoms with Gasteiger partial charge in [0.15, 0.2) is 5.82 Å². The molecule has 0 fully saturated rings. The van der Waals surface area contributed by atoms with E-state index in [-0.39, 0.29) is 11.4 Å². The minimum Gasteiger partial charge on any atom is -0.369 e. The van der Waals surface area contributed by atoms with Crippen LogP contribution in [0, 0.1) is 20.8 Å². The van der Waals surface area contributed by atoms with Gasteiger partial charge in [-0.15, -0.1) is 0 Å². The van der Waals surface area contributed by atoms with Crippen molar-refractivity contribution in [3.05, 3.63) is 83.9 Å². The molecule has 0 aliphatic carbocycles. The van der Waals surface area contributed by atoms with Crippen molar-refractivity contribution in [1.82, 2.24) is 24.5 Å². The molecule has 9 heteroatoms. The van der Waals surface area contributed by atoms with Gasteiger partial charge in [0.25, 0.3) is 0 Å². The third-order valence-electron chi connectivity index (χ3n) is 5.05. The summed E-state index contributed by atoms with van der Waals surface area (Å²) in [5.74, 6) is 1.87. The number of nitrogens with zero attached hydrogens (tertiary/aromatic N) is 4. The fourth-order valence-electron chi connectivity index (χ4n) is 3.53. The van der Waals surface area contributed by atoms with Gasteiger partial charge in [0.05, 0.1) is 10.6 Å². The van der Waals surface area contributed by atoms with Crippen molar-refractivity contribution in [2.45, 2.75) is 25.7 Å². The smallest absolute Gasteiger partial charge is 0.240 e. The molecule has 8 nitrogen and oxygen atoms in total. The van der Waals surface area contributed by atoms with Gasteiger partial charge in [-0.1, -0.05) is 42.5 Å². The molecule has 0 bridgehead atoms. The summed E-state index contributed by atoms with van der Waals surface area (Å²) in [6, 6.07) is 20.5. The highest BCUT2D eigenvalue weighted by molar-refractivity contribution is 7.89.